The van der Waals surface area contributed by atoms with Crippen molar-refractivity contribution in [3.63, 3.8) is 0 Å². The van der Waals surface area contributed by atoms with E-state index in [4.69, 9.17) is 16.3 Å². The summed E-state index contributed by atoms with van der Waals surface area (Å²) in [5.74, 6) is 0.827. The SMILES string of the molecule is CCN(CC(=O)Nc1cc(Cl)ccc1C)C(=O)COC(=O)C[C@@H]1C[C@H]2CC[C@@H]1C2. The number of anilines is 1. The Morgan fingerprint density at radius 1 is 1.24 bits per heavy atom. The van der Waals surface area contributed by atoms with Crippen molar-refractivity contribution in [3.05, 3.63) is 28.8 Å². The highest BCUT2D eigenvalue weighted by Crippen LogP contribution is 2.49. The number of likely N-dealkylation sites (N-methyl/N-ethyl adjacent to an activating group) is 1. The first-order valence-corrected chi connectivity index (χ1v) is 10.7. The minimum absolute atomic E-state index is 0.106. The van der Waals surface area contributed by atoms with E-state index in [0.29, 0.717) is 35.5 Å². The number of carbonyl (C=O) groups is 3. The number of hydrogen-bond donors (Lipinski definition) is 1. The Bertz CT molecular complexity index is 782. The van der Waals surface area contributed by atoms with Crippen LogP contribution in [0.2, 0.25) is 5.02 Å². The van der Waals surface area contributed by atoms with E-state index in [1.165, 1.54) is 24.2 Å². The lowest BCUT2D eigenvalue weighted by Crippen LogP contribution is -2.40. The fraction of sp³-hybridized carbons (Fsp3) is 0.591. The number of carbonyl (C=O) groups excluding carboxylic acids is 3. The molecule has 0 radical (unpaired) electrons. The topological polar surface area (TPSA) is 75.7 Å². The van der Waals surface area contributed by atoms with Gasteiger partial charge in [-0.2, -0.15) is 0 Å². The van der Waals surface area contributed by atoms with Crippen molar-refractivity contribution in [1.82, 2.24) is 4.90 Å². The number of esters is 1. The molecule has 6 nitrogen and oxygen atoms in total. The molecule has 0 heterocycles. The van der Waals surface area contributed by atoms with Gasteiger partial charge in [0, 0.05) is 23.7 Å². The summed E-state index contributed by atoms with van der Waals surface area (Å²) in [6.45, 7) is 3.57. The predicted molar refractivity (Wildman–Crippen MR) is 112 cm³/mol. The summed E-state index contributed by atoms with van der Waals surface area (Å²) in [5, 5.41) is 3.30. The van der Waals surface area contributed by atoms with Crippen molar-refractivity contribution in [2.24, 2.45) is 17.8 Å². The van der Waals surface area contributed by atoms with E-state index >= 15 is 0 Å². The van der Waals surface area contributed by atoms with Gasteiger partial charge in [0.15, 0.2) is 6.61 Å². The smallest absolute Gasteiger partial charge is 0.306 e. The molecule has 3 atom stereocenters. The van der Waals surface area contributed by atoms with Gasteiger partial charge in [0.05, 0.1) is 6.54 Å². The number of ether oxygens (including phenoxy) is 1. The van der Waals surface area contributed by atoms with Gasteiger partial charge in [-0.25, -0.2) is 0 Å². The largest absolute Gasteiger partial charge is 0.456 e. The van der Waals surface area contributed by atoms with Crippen molar-refractivity contribution < 1.29 is 19.1 Å². The maximum Gasteiger partial charge on any atom is 0.306 e. The van der Waals surface area contributed by atoms with Gasteiger partial charge in [-0.05, 0) is 68.6 Å². The van der Waals surface area contributed by atoms with Crippen molar-refractivity contribution in [2.45, 2.75) is 46.0 Å². The van der Waals surface area contributed by atoms with E-state index in [2.05, 4.69) is 5.32 Å². The van der Waals surface area contributed by atoms with Crippen molar-refractivity contribution in [2.75, 3.05) is 25.0 Å². The van der Waals surface area contributed by atoms with Gasteiger partial charge in [0.2, 0.25) is 5.91 Å². The highest BCUT2D eigenvalue weighted by atomic mass is 35.5. The van der Waals surface area contributed by atoms with Crippen LogP contribution < -0.4 is 5.32 Å². The van der Waals surface area contributed by atoms with E-state index in [1.807, 2.05) is 13.0 Å². The number of rotatable bonds is 8. The Balaban J connectivity index is 1.43. The van der Waals surface area contributed by atoms with E-state index < -0.39 is 0 Å². The lowest BCUT2D eigenvalue weighted by Gasteiger charge is -2.22. The van der Waals surface area contributed by atoms with Crippen LogP contribution in [-0.4, -0.2) is 42.4 Å². The molecule has 0 aromatic heterocycles. The first-order valence-electron chi connectivity index (χ1n) is 10.3. The van der Waals surface area contributed by atoms with Crippen molar-refractivity contribution in [3.8, 4) is 0 Å². The van der Waals surface area contributed by atoms with Gasteiger partial charge >= 0.3 is 5.97 Å². The molecule has 0 aliphatic heterocycles. The Kier molecular flexibility index (Phi) is 7.17. The first kappa shape index (κ1) is 21.6. The zero-order chi connectivity index (χ0) is 21.0. The number of nitrogens with zero attached hydrogens (tertiary/aromatic N) is 1. The third-order valence-corrected chi connectivity index (χ3v) is 6.45. The first-order chi connectivity index (χ1) is 13.9. The molecule has 0 spiro atoms. The molecule has 1 aromatic carbocycles. The molecule has 1 N–H and O–H groups in total. The normalized spacial score (nSPS) is 22.4. The molecule has 2 aliphatic carbocycles. The summed E-state index contributed by atoms with van der Waals surface area (Å²) >= 11 is 5.97. The van der Waals surface area contributed by atoms with Gasteiger partial charge in [0.1, 0.15) is 0 Å². The minimum Gasteiger partial charge on any atom is -0.456 e. The predicted octanol–water partition coefficient (Wildman–Crippen LogP) is 3.80. The molecular weight excluding hydrogens is 392 g/mol. The zero-order valence-electron chi connectivity index (χ0n) is 17.1. The Hall–Kier alpha value is -2.08. The summed E-state index contributed by atoms with van der Waals surface area (Å²) in [4.78, 5) is 38.2. The van der Waals surface area contributed by atoms with Crippen LogP contribution in [0.4, 0.5) is 5.69 Å². The molecule has 2 aliphatic rings. The van der Waals surface area contributed by atoms with Crippen LogP contribution in [0.25, 0.3) is 0 Å². The van der Waals surface area contributed by atoms with Gasteiger partial charge in [-0.15, -0.1) is 0 Å². The number of amides is 2. The van der Waals surface area contributed by atoms with Crippen LogP contribution in [-0.2, 0) is 19.1 Å². The van der Waals surface area contributed by atoms with Gasteiger partial charge in [-0.1, -0.05) is 24.1 Å². The molecule has 2 bridgehead atoms. The van der Waals surface area contributed by atoms with E-state index in [0.717, 1.165) is 17.9 Å². The second-order valence-electron chi connectivity index (χ2n) is 8.22. The van der Waals surface area contributed by atoms with Gasteiger partial charge in [0.25, 0.3) is 5.91 Å². The summed E-state index contributed by atoms with van der Waals surface area (Å²) in [6.07, 6.45) is 5.25. The highest BCUT2D eigenvalue weighted by Gasteiger charge is 2.40. The molecule has 158 valence electrons. The van der Waals surface area contributed by atoms with E-state index in [9.17, 15) is 14.4 Å². The molecular formula is C22H29ClN2O4. The summed E-state index contributed by atoms with van der Waals surface area (Å²) < 4.78 is 5.21. The lowest BCUT2D eigenvalue weighted by molar-refractivity contribution is -0.153. The number of aryl methyl sites for hydroxylation is 1. The molecule has 2 fully saturated rings. The molecule has 0 saturated heterocycles. The van der Waals surface area contributed by atoms with Crippen LogP contribution in [0, 0.1) is 24.7 Å². The fourth-order valence-corrected chi connectivity index (χ4v) is 4.77. The second-order valence-corrected chi connectivity index (χ2v) is 8.65. The molecule has 1 aromatic rings. The number of fused-ring (bicyclic) bond motifs is 2. The fourth-order valence-electron chi connectivity index (χ4n) is 4.60. The van der Waals surface area contributed by atoms with Gasteiger partial charge < -0.3 is 15.0 Å². The number of hydrogen-bond acceptors (Lipinski definition) is 4. The quantitative estimate of drug-likeness (QED) is 0.649. The van der Waals surface area contributed by atoms with Crippen LogP contribution in [0.15, 0.2) is 18.2 Å². The van der Waals surface area contributed by atoms with E-state index in [1.54, 1.807) is 19.1 Å². The molecule has 3 rings (SSSR count). The Morgan fingerprint density at radius 2 is 2.03 bits per heavy atom. The molecule has 2 amide bonds. The third-order valence-electron chi connectivity index (χ3n) is 6.21. The number of benzene rings is 1. The van der Waals surface area contributed by atoms with Crippen molar-refractivity contribution >= 4 is 35.1 Å². The average molecular weight is 421 g/mol. The summed E-state index contributed by atoms with van der Waals surface area (Å²) in [5.41, 5.74) is 1.50. The highest BCUT2D eigenvalue weighted by molar-refractivity contribution is 6.31. The Labute approximate surface area is 176 Å². The standard InChI is InChI=1S/C22H29ClN2O4/c1-3-25(12-20(26)24-19-11-18(23)7-4-14(19)2)21(27)13-29-22(28)10-17-9-15-5-6-16(17)8-15/h4,7,11,15-17H,3,5-6,8-10,12-13H2,1-2H3,(H,24,26)/t15-,16+,17-/m0/s1. The average Bonchev–Trinajstić information content (AvgIpc) is 3.30. The number of halogens is 1. The van der Waals surface area contributed by atoms with Crippen LogP contribution in [0.3, 0.4) is 0 Å². The minimum atomic E-state index is -0.369. The lowest BCUT2D eigenvalue weighted by atomic mass is 9.86. The van der Waals surface area contributed by atoms with Crippen LogP contribution in [0.5, 0.6) is 0 Å². The maximum atomic E-state index is 12.4. The Morgan fingerprint density at radius 3 is 2.69 bits per heavy atom. The van der Waals surface area contributed by atoms with Crippen LogP contribution in [0.1, 0.15) is 44.6 Å². The van der Waals surface area contributed by atoms with E-state index in [-0.39, 0.29) is 30.9 Å². The molecule has 2 saturated carbocycles. The molecule has 0 unspecified atom stereocenters. The summed E-state index contributed by atoms with van der Waals surface area (Å²) in [6, 6.07) is 5.24. The summed E-state index contributed by atoms with van der Waals surface area (Å²) in [7, 11) is 0. The molecule has 7 heteroatoms. The third kappa shape index (κ3) is 5.72. The van der Waals surface area contributed by atoms with Gasteiger partial charge in [-0.3, -0.25) is 14.4 Å². The maximum absolute atomic E-state index is 12.4. The van der Waals surface area contributed by atoms with Crippen LogP contribution >= 0.6 is 11.6 Å². The molecule has 29 heavy (non-hydrogen) atoms. The van der Waals surface area contributed by atoms with Crippen molar-refractivity contribution in [1.29, 1.82) is 0 Å². The second kappa shape index (κ2) is 9.61. The zero-order valence-corrected chi connectivity index (χ0v) is 17.8. The monoisotopic (exact) mass is 420 g/mol. The number of nitrogens with one attached hydrogen (secondary N) is 1.